The Kier molecular flexibility index (Phi) is 3.70. The second-order valence-electron chi connectivity index (χ2n) is 4.05. The molecule has 0 aliphatic rings. The Morgan fingerprint density at radius 3 is 2.79 bits per heavy atom. The summed E-state index contributed by atoms with van der Waals surface area (Å²) in [5, 5.41) is 13.7. The van der Waals surface area contributed by atoms with Crippen LogP contribution in [0.2, 0.25) is 0 Å². The Balaban J connectivity index is 2.18. The fraction of sp³-hybridized carbons (Fsp3) is 0.154. The maximum atomic E-state index is 13.4. The fourth-order valence-corrected chi connectivity index (χ4v) is 1.64. The molecule has 0 unspecified atom stereocenters. The molecule has 0 spiro atoms. The smallest absolute Gasteiger partial charge is 0.327 e. The molecule has 0 fully saturated rings. The molecule has 1 heterocycles. The highest BCUT2D eigenvalue weighted by molar-refractivity contribution is 5.62. The Labute approximate surface area is 109 Å². The highest BCUT2D eigenvalue weighted by Gasteiger charge is 2.19. The number of aryl methyl sites for hydroxylation is 1. The summed E-state index contributed by atoms with van der Waals surface area (Å²) in [4.78, 5) is 14.2. The maximum absolute atomic E-state index is 13.4. The van der Waals surface area contributed by atoms with Crippen LogP contribution in [0, 0.1) is 22.9 Å². The SMILES string of the molecule is Cc1ccc(CNc2cccc(F)c2[N+](=O)[O-])cn1. The van der Waals surface area contributed by atoms with Gasteiger partial charge in [-0.3, -0.25) is 15.1 Å². The normalized spacial score (nSPS) is 10.2. The first kappa shape index (κ1) is 12.9. The molecule has 5 nitrogen and oxygen atoms in total. The van der Waals surface area contributed by atoms with E-state index in [4.69, 9.17) is 0 Å². The van der Waals surface area contributed by atoms with Crippen molar-refractivity contribution in [3.05, 3.63) is 63.7 Å². The van der Waals surface area contributed by atoms with Gasteiger partial charge in [0.1, 0.15) is 5.69 Å². The van der Waals surface area contributed by atoms with Crippen LogP contribution in [0.5, 0.6) is 0 Å². The van der Waals surface area contributed by atoms with Gasteiger partial charge in [0.25, 0.3) is 0 Å². The molecule has 0 aliphatic heterocycles. The Morgan fingerprint density at radius 2 is 2.16 bits per heavy atom. The molecule has 0 aliphatic carbocycles. The average Bonchev–Trinajstić information content (AvgIpc) is 2.37. The van der Waals surface area contributed by atoms with Crippen molar-refractivity contribution >= 4 is 11.4 Å². The van der Waals surface area contributed by atoms with E-state index < -0.39 is 16.4 Å². The topological polar surface area (TPSA) is 68.1 Å². The summed E-state index contributed by atoms with van der Waals surface area (Å²) in [6, 6.07) is 7.68. The zero-order valence-electron chi connectivity index (χ0n) is 10.3. The molecule has 0 amide bonds. The summed E-state index contributed by atoms with van der Waals surface area (Å²) >= 11 is 0. The number of nitrogens with zero attached hydrogens (tertiary/aromatic N) is 2. The van der Waals surface area contributed by atoms with Crippen molar-refractivity contribution in [3.8, 4) is 0 Å². The van der Waals surface area contributed by atoms with Crippen LogP contribution in [0.4, 0.5) is 15.8 Å². The molecule has 1 N–H and O–H groups in total. The summed E-state index contributed by atoms with van der Waals surface area (Å²) in [5.41, 5.74) is 1.37. The monoisotopic (exact) mass is 261 g/mol. The molecule has 0 bridgehead atoms. The van der Waals surface area contributed by atoms with E-state index in [0.29, 0.717) is 6.54 Å². The van der Waals surface area contributed by atoms with Gasteiger partial charge in [-0.25, -0.2) is 0 Å². The van der Waals surface area contributed by atoms with Gasteiger partial charge in [0.15, 0.2) is 0 Å². The first-order valence-electron chi connectivity index (χ1n) is 5.66. The van der Waals surface area contributed by atoms with Gasteiger partial charge < -0.3 is 5.32 Å². The number of benzene rings is 1. The van der Waals surface area contributed by atoms with Crippen LogP contribution >= 0.6 is 0 Å². The van der Waals surface area contributed by atoms with E-state index in [1.807, 2.05) is 19.1 Å². The molecule has 0 radical (unpaired) electrons. The summed E-state index contributed by atoms with van der Waals surface area (Å²) < 4.78 is 13.4. The lowest BCUT2D eigenvalue weighted by atomic mass is 10.2. The third kappa shape index (κ3) is 3.04. The third-order valence-electron chi connectivity index (χ3n) is 2.62. The number of nitro benzene ring substituents is 1. The van der Waals surface area contributed by atoms with Crippen LogP contribution in [0.1, 0.15) is 11.3 Å². The number of pyridine rings is 1. The number of aromatic nitrogens is 1. The number of halogens is 1. The summed E-state index contributed by atoms with van der Waals surface area (Å²) in [6.07, 6.45) is 1.67. The molecule has 98 valence electrons. The molecule has 0 saturated heterocycles. The van der Waals surface area contributed by atoms with Crippen molar-refractivity contribution in [2.24, 2.45) is 0 Å². The maximum Gasteiger partial charge on any atom is 0.327 e. The van der Waals surface area contributed by atoms with Crippen molar-refractivity contribution in [2.75, 3.05) is 5.32 Å². The highest BCUT2D eigenvalue weighted by Crippen LogP contribution is 2.27. The predicted octanol–water partition coefficient (Wildman–Crippen LogP) is 3.05. The minimum atomic E-state index is -0.850. The largest absolute Gasteiger partial charge is 0.375 e. The number of rotatable bonds is 4. The molecule has 0 saturated carbocycles. The van der Waals surface area contributed by atoms with E-state index in [1.165, 1.54) is 12.1 Å². The minimum absolute atomic E-state index is 0.158. The van der Waals surface area contributed by atoms with Crippen LogP contribution in [0.3, 0.4) is 0 Å². The zero-order valence-corrected chi connectivity index (χ0v) is 10.3. The molecule has 1 aromatic carbocycles. The van der Waals surface area contributed by atoms with Gasteiger partial charge in [-0.15, -0.1) is 0 Å². The molecule has 1 aromatic heterocycles. The van der Waals surface area contributed by atoms with E-state index in [1.54, 1.807) is 6.20 Å². The van der Waals surface area contributed by atoms with Gasteiger partial charge in [0.2, 0.25) is 5.82 Å². The molecule has 6 heteroatoms. The van der Waals surface area contributed by atoms with Gasteiger partial charge in [0, 0.05) is 18.4 Å². The lowest BCUT2D eigenvalue weighted by Crippen LogP contribution is -2.04. The van der Waals surface area contributed by atoms with Gasteiger partial charge in [-0.05, 0) is 30.7 Å². The molecular weight excluding hydrogens is 249 g/mol. The number of hydrogen-bond acceptors (Lipinski definition) is 4. The van der Waals surface area contributed by atoms with Gasteiger partial charge in [-0.2, -0.15) is 4.39 Å². The van der Waals surface area contributed by atoms with E-state index in [0.717, 1.165) is 17.3 Å². The molecule has 2 rings (SSSR count). The van der Waals surface area contributed by atoms with E-state index in [2.05, 4.69) is 10.3 Å². The van der Waals surface area contributed by atoms with Crippen LogP contribution in [0.15, 0.2) is 36.5 Å². The minimum Gasteiger partial charge on any atom is -0.375 e. The zero-order chi connectivity index (χ0) is 13.8. The van der Waals surface area contributed by atoms with Gasteiger partial charge in [0.05, 0.1) is 4.92 Å². The third-order valence-corrected chi connectivity index (χ3v) is 2.62. The lowest BCUT2D eigenvalue weighted by Gasteiger charge is -2.07. The van der Waals surface area contributed by atoms with E-state index >= 15 is 0 Å². The lowest BCUT2D eigenvalue weighted by molar-refractivity contribution is -0.386. The van der Waals surface area contributed by atoms with E-state index in [-0.39, 0.29) is 5.69 Å². The first-order chi connectivity index (χ1) is 9.08. The van der Waals surface area contributed by atoms with Crippen molar-refractivity contribution < 1.29 is 9.31 Å². The van der Waals surface area contributed by atoms with Crippen LogP contribution in [-0.2, 0) is 6.54 Å². The Bertz CT molecular complexity index is 599. The Morgan fingerprint density at radius 1 is 1.37 bits per heavy atom. The predicted molar refractivity (Wildman–Crippen MR) is 69.4 cm³/mol. The van der Waals surface area contributed by atoms with Gasteiger partial charge in [-0.1, -0.05) is 12.1 Å². The number of anilines is 1. The van der Waals surface area contributed by atoms with E-state index in [9.17, 15) is 14.5 Å². The number of hydrogen-bond donors (Lipinski definition) is 1. The van der Waals surface area contributed by atoms with Crippen LogP contribution in [0.25, 0.3) is 0 Å². The second kappa shape index (κ2) is 5.43. The summed E-state index contributed by atoms with van der Waals surface area (Å²) in [5.74, 6) is -0.850. The second-order valence-corrected chi connectivity index (χ2v) is 4.05. The number of nitro groups is 1. The van der Waals surface area contributed by atoms with Crippen molar-refractivity contribution in [1.29, 1.82) is 0 Å². The Hall–Kier alpha value is -2.50. The van der Waals surface area contributed by atoms with Crippen LogP contribution < -0.4 is 5.32 Å². The first-order valence-corrected chi connectivity index (χ1v) is 5.66. The highest BCUT2D eigenvalue weighted by atomic mass is 19.1. The van der Waals surface area contributed by atoms with Crippen molar-refractivity contribution in [1.82, 2.24) is 4.98 Å². The van der Waals surface area contributed by atoms with Crippen molar-refractivity contribution in [2.45, 2.75) is 13.5 Å². The standard InChI is InChI=1S/C13H12FN3O2/c1-9-5-6-10(7-15-9)8-16-12-4-2-3-11(14)13(12)17(18)19/h2-7,16H,8H2,1H3. The van der Waals surface area contributed by atoms with Crippen molar-refractivity contribution in [3.63, 3.8) is 0 Å². The molecule has 0 atom stereocenters. The molecule has 19 heavy (non-hydrogen) atoms. The molecular formula is C13H12FN3O2. The van der Waals surface area contributed by atoms with Crippen LogP contribution in [-0.4, -0.2) is 9.91 Å². The average molecular weight is 261 g/mol. The number of para-hydroxylation sites is 1. The van der Waals surface area contributed by atoms with Gasteiger partial charge >= 0.3 is 5.69 Å². The number of nitrogens with one attached hydrogen (secondary N) is 1. The summed E-state index contributed by atoms with van der Waals surface area (Å²) in [6.45, 7) is 2.21. The quantitative estimate of drug-likeness (QED) is 0.678. The fourth-order valence-electron chi connectivity index (χ4n) is 1.64. The molecule has 2 aromatic rings. The summed E-state index contributed by atoms with van der Waals surface area (Å²) in [7, 11) is 0.